The molecular weight excluding hydrogens is 284 g/mol. The quantitative estimate of drug-likeness (QED) is 0.632. The molecule has 3 nitrogen and oxygen atoms in total. The van der Waals surface area contributed by atoms with Crippen molar-refractivity contribution in [1.29, 1.82) is 0 Å². The van der Waals surface area contributed by atoms with Gasteiger partial charge in [-0.05, 0) is 54.6 Å². The molecule has 106 valence electrons. The van der Waals surface area contributed by atoms with E-state index < -0.39 is 0 Å². The Kier molecular flexibility index (Phi) is 3.97. The van der Waals surface area contributed by atoms with Gasteiger partial charge >= 0.3 is 0 Å². The van der Waals surface area contributed by atoms with Gasteiger partial charge in [0.1, 0.15) is 0 Å². The van der Waals surface area contributed by atoms with Gasteiger partial charge in [0.15, 0.2) is 11.5 Å². The summed E-state index contributed by atoms with van der Waals surface area (Å²) < 4.78 is 10.6. The molecule has 0 radical (unpaired) electrons. The normalized spacial score (nSPS) is 12.8. The number of benzene rings is 2. The molecule has 1 aliphatic heterocycles. The number of ether oxygens (including phenoxy) is 2. The van der Waals surface area contributed by atoms with Gasteiger partial charge in [0, 0.05) is 4.90 Å². The zero-order valence-corrected chi connectivity index (χ0v) is 12.4. The van der Waals surface area contributed by atoms with E-state index in [-0.39, 0.29) is 11.9 Å². The second kappa shape index (κ2) is 6.06. The first-order chi connectivity index (χ1) is 10.2. The van der Waals surface area contributed by atoms with Crippen molar-refractivity contribution < 1.29 is 14.3 Å². The lowest BCUT2D eigenvalue weighted by Gasteiger charge is -1.99. The lowest BCUT2D eigenvalue weighted by Crippen LogP contribution is -1.92. The van der Waals surface area contributed by atoms with Crippen LogP contribution in [0.4, 0.5) is 0 Å². The first-order valence-electron chi connectivity index (χ1n) is 6.57. The lowest BCUT2D eigenvalue weighted by atomic mass is 10.2. The van der Waals surface area contributed by atoms with E-state index in [0.29, 0.717) is 0 Å². The average molecular weight is 298 g/mol. The zero-order valence-electron chi connectivity index (χ0n) is 11.5. The Morgan fingerprint density at radius 2 is 1.86 bits per heavy atom. The van der Waals surface area contributed by atoms with Gasteiger partial charge in [0.25, 0.3) is 0 Å². The van der Waals surface area contributed by atoms with Gasteiger partial charge in [-0.2, -0.15) is 0 Å². The minimum absolute atomic E-state index is 0.00322. The van der Waals surface area contributed by atoms with Crippen LogP contribution in [0, 0.1) is 6.92 Å². The van der Waals surface area contributed by atoms with Crippen LogP contribution in [-0.4, -0.2) is 11.9 Å². The Morgan fingerprint density at radius 3 is 2.67 bits per heavy atom. The Balaban J connectivity index is 1.65. The highest BCUT2D eigenvalue weighted by molar-refractivity contribution is 8.14. The van der Waals surface area contributed by atoms with Gasteiger partial charge in [-0.3, -0.25) is 4.79 Å². The first kappa shape index (κ1) is 13.8. The van der Waals surface area contributed by atoms with Crippen molar-refractivity contribution >= 4 is 23.0 Å². The fraction of sp³-hybridized carbons (Fsp3) is 0.118. The van der Waals surface area contributed by atoms with E-state index in [0.717, 1.165) is 22.0 Å². The van der Waals surface area contributed by atoms with Gasteiger partial charge in [0.2, 0.25) is 11.9 Å². The molecule has 0 fully saturated rings. The summed E-state index contributed by atoms with van der Waals surface area (Å²) in [6.45, 7) is 2.28. The van der Waals surface area contributed by atoms with E-state index in [1.54, 1.807) is 12.2 Å². The van der Waals surface area contributed by atoms with Gasteiger partial charge < -0.3 is 9.47 Å². The summed E-state index contributed by atoms with van der Waals surface area (Å²) in [6.07, 6.45) is 3.35. The van der Waals surface area contributed by atoms with Crippen molar-refractivity contribution in [3.05, 3.63) is 59.7 Å². The molecule has 2 aromatic rings. The standard InChI is InChI=1S/C17H14O3S/c1-12-2-6-14(7-3-12)21-17(18)9-5-13-4-8-15-16(10-13)20-11-19-15/h2-10H,11H2,1H3/b9-5+. The Morgan fingerprint density at radius 1 is 1.10 bits per heavy atom. The van der Waals surface area contributed by atoms with Crippen LogP contribution in [0.2, 0.25) is 0 Å². The van der Waals surface area contributed by atoms with Crippen LogP contribution in [-0.2, 0) is 4.79 Å². The summed E-state index contributed by atoms with van der Waals surface area (Å²) in [5.41, 5.74) is 2.10. The highest BCUT2D eigenvalue weighted by atomic mass is 32.2. The maximum Gasteiger partial charge on any atom is 0.231 e. The Bertz CT molecular complexity index is 690. The summed E-state index contributed by atoms with van der Waals surface area (Å²) in [6, 6.07) is 13.5. The van der Waals surface area contributed by atoms with E-state index in [1.807, 2.05) is 49.4 Å². The number of rotatable bonds is 3. The lowest BCUT2D eigenvalue weighted by molar-refractivity contribution is -0.107. The average Bonchev–Trinajstić information content (AvgIpc) is 2.95. The topological polar surface area (TPSA) is 35.5 Å². The van der Waals surface area contributed by atoms with E-state index in [2.05, 4.69) is 0 Å². The molecule has 0 amide bonds. The molecular formula is C17H14O3S. The van der Waals surface area contributed by atoms with Crippen molar-refractivity contribution in [1.82, 2.24) is 0 Å². The fourth-order valence-electron chi connectivity index (χ4n) is 1.94. The number of aryl methyl sites for hydroxylation is 1. The summed E-state index contributed by atoms with van der Waals surface area (Å²) in [4.78, 5) is 12.9. The van der Waals surface area contributed by atoms with E-state index >= 15 is 0 Å². The zero-order chi connectivity index (χ0) is 14.7. The molecule has 21 heavy (non-hydrogen) atoms. The van der Waals surface area contributed by atoms with Crippen molar-refractivity contribution in [3.63, 3.8) is 0 Å². The monoisotopic (exact) mass is 298 g/mol. The highest BCUT2D eigenvalue weighted by Gasteiger charge is 2.12. The minimum atomic E-state index is -0.00322. The summed E-state index contributed by atoms with van der Waals surface area (Å²) in [5, 5.41) is -0.00322. The minimum Gasteiger partial charge on any atom is -0.454 e. The molecule has 0 saturated heterocycles. The molecule has 0 aromatic heterocycles. The van der Waals surface area contributed by atoms with E-state index in [1.165, 1.54) is 17.3 Å². The molecule has 0 saturated carbocycles. The molecule has 0 N–H and O–H groups in total. The van der Waals surface area contributed by atoms with Gasteiger partial charge in [-0.1, -0.05) is 29.8 Å². The van der Waals surface area contributed by atoms with Gasteiger partial charge in [-0.25, -0.2) is 0 Å². The third-order valence-electron chi connectivity index (χ3n) is 3.05. The molecule has 2 aromatic carbocycles. The van der Waals surface area contributed by atoms with Crippen molar-refractivity contribution in [3.8, 4) is 11.5 Å². The second-order valence-electron chi connectivity index (χ2n) is 4.68. The van der Waals surface area contributed by atoms with Crippen LogP contribution < -0.4 is 9.47 Å². The second-order valence-corrected chi connectivity index (χ2v) is 5.76. The molecule has 4 heteroatoms. The van der Waals surface area contributed by atoms with Crippen molar-refractivity contribution in [2.45, 2.75) is 11.8 Å². The predicted octanol–water partition coefficient (Wildman–Crippen LogP) is 4.06. The summed E-state index contributed by atoms with van der Waals surface area (Å²) in [7, 11) is 0. The molecule has 0 unspecified atom stereocenters. The van der Waals surface area contributed by atoms with Crippen LogP contribution in [0.25, 0.3) is 6.08 Å². The molecule has 3 rings (SSSR count). The van der Waals surface area contributed by atoms with Crippen molar-refractivity contribution in [2.24, 2.45) is 0 Å². The van der Waals surface area contributed by atoms with E-state index in [4.69, 9.17) is 9.47 Å². The van der Waals surface area contributed by atoms with Gasteiger partial charge in [0.05, 0.1) is 0 Å². The summed E-state index contributed by atoms with van der Waals surface area (Å²) in [5.74, 6) is 1.46. The summed E-state index contributed by atoms with van der Waals surface area (Å²) >= 11 is 1.22. The molecule has 1 aliphatic rings. The molecule has 0 atom stereocenters. The molecule has 0 aliphatic carbocycles. The van der Waals surface area contributed by atoms with Crippen LogP contribution in [0.3, 0.4) is 0 Å². The molecule has 1 heterocycles. The number of hydrogen-bond donors (Lipinski definition) is 0. The SMILES string of the molecule is Cc1ccc(SC(=O)/C=C/c2ccc3c(c2)OCO3)cc1. The van der Waals surface area contributed by atoms with Crippen molar-refractivity contribution in [2.75, 3.05) is 6.79 Å². The maximum atomic E-state index is 11.9. The van der Waals surface area contributed by atoms with Crippen LogP contribution in [0.1, 0.15) is 11.1 Å². The number of carbonyl (C=O) groups excluding carboxylic acids is 1. The third kappa shape index (κ3) is 3.47. The number of carbonyl (C=O) groups is 1. The van der Waals surface area contributed by atoms with E-state index in [9.17, 15) is 4.79 Å². The highest BCUT2D eigenvalue weighted by Crippen LogP contribution is 2.32. The maximum absolute atomic E-state index is 11.9. The number of fused-ring (bicyclic) bond motifs is 1. The largest absolute Gasteiger partial charge is 0.454 e. The van der Waals surface area contributed by atoms with Crippen LogP contribution >= 0.6 is 11.8 Å². The molecule has 0 spiro atoms. The molecule has 0 bridgehead atoms. The third-order valence-corrected chi connectivity index (χ3v) is 3.89. The van der Waals surface area contributed by atoms with Gasteiger partial charge in [-0.15, -0.1) is 0 Å². The first-order valence-corrected chi connectivity index (χ1v) is 7.38. The fourth-order valence-corrected chi connectivity index (χ4v) is 2.58. The Hall–Kier alpha value is -2.20. The van der Waals surface area contributed by atoms with Crippen LogP contribution in [0.5, 0.6) is 11.5 Å². The number of hydrogen-bond acceptors (Lipinski definition) is 4. The number of thioether (sulfide) groups is 1. The van der Waals surface area contributed by atoms with Crippen LogP contribution in [0.15, 0.2) is 53.4 Å². The predicted molar refractivity (Wildman–Crippen MR) is 83.6 cm³/mol. The smallest absolute Gasteiger partial charge is 0.231 e. The Labute approximate surface area is 127 Å².